The number of rotatable bonds is 5. The van der Waals surface area contributed by atoms with Crippen LogP contribution >= 0.6 is 0 Å². The number of fused-ring (bicyclic) bond motifs is 2. The first-order valence-electron chi connectivity index (χ1n) is 11.1. The van der Waals surface area contributed by atoms with E-state index in [1.165, 1.54) is 0 Å². The highest BCUT2D eigenvalue weighted by molar-refractivity contribution is 6.07. The molecule has 8 nitrogen and oxygen atoms in total. The van der Waals surface area contributed by atoms with Gasteiger partial charge < -0.3 is 19.3 Å². The molecule has 3 aromatic heterocycles. The van der Waals surface area contributed by atoms with Crippen molar-refractivity contribution in [2.75, 3.05) is 6.79 Å². The third-order valence-electron chi connectivity index (χ3n) is 6.67. The maximum absolute atomic E-state index is 13.7. The highest BCUT2D eigenvalue weighted by Gasteiger charge is 2.47. The van der Waals surface area contributed by atoms with Gasteiger partial charge in [0, 0.05) is 23.9 Å². The zero-order chi connectivity index (χ0) is 22.0. The lowest BCUT2D eigenvalue weighted by Gasteiger charge is -2.19. The van der Waals surface area contributed by atoms with Crippen molar-refractivity contribution in [1.82, 2.24) is 20.4 Å². The van der Waals surface area contributed by atoms with E-state index in [0.29, 0.717) is 34.0 Å². The number of pyridine rings is 2. The van der Waals surface area contributed by atoms with Crippen molar-refractivity contribution in [1.29, 1.82) is 0 Å². The van der Waals surface area contributed by atoms with Crippen LogP contribution in [0.3, 0.4) is 0 Å². The second kappa shape index (κ2) is 6.78. The third kappa shape index (κ3) is 3.05. The van der Waals surface area contributed by atoms with Crippen molar-refractivity contribution < 1.29 is 18.8 Å². The van der Waals surface area contributed by atoms with Crippen LogP contribution in [0.1, 0.15) is 53.2 Å². The maximum atomic E-state index is 13.7. The zero-order valence-electron chi connectivity index (χ0n) is 17.7. The molecule has 3 aliphatic rings. The Morgan fingerprint density at radius 2 is 1.97 bits per heavy atom. The van der Waals surface area contributed by atoms with Gasteiger partial charge in [0.05, 0.1) is 27.9 Å². The Balaban J connectivity index is 1.30. The lowest BCUT2D eigenvalue weighted by Crippen LogP contribution is -2.35. The van der Waals surface area contributed by atoms with Gasteiger partial charge in [-0.15, -0.1) is 0 Å². The second-order valence-electron chi connectivity index (χ2n) is 8.92. The first kappa shape index (κ1) is 18.6. The molecule has 0 radical (unpaired) electrons. The fraction of sp³-hybridized carbons (Fsp3) is 0.280. The minimum absolute atomic E-state index is 0.159. The van der Waals surface area contributed by atoms with Gasteiger partial charge in [0.2, 0.25) is 6.79 Å². The molecule has 0 bridgehead atoms. The molecule has 4 aromatic rings. The van der Waals surface area contributed by atoms with E-state index in [-0.39, 0.29) is 12.7 Å². The van der Waals surface area contributed by atoms with Gasteiger partial charge >= 0.3 is 0 Å². The molecule has 1 amide bonds. The van der Waals surface area contributed by atoms with Crippen LogP contribution in [-0.2, 0) is 5.54 Å². The lowest BCUT2D eigenvalue weighted by atomic mass is 10.0. The van der Waals surface area contributed by atoms with Crippen molar-refractivity contribution in [3.8, 4) is 22.8 Å². The first-order valence-corrected chi connectivity index (χ1v) is 11.1. The van der Waals surface area contributed by atoms with Crippen LogP contribution < -0.4 is 14.8 Å². The fourth-order valence-corrected chi connectivity index (χ4v) is 4.54. The number of nitrogens with one attached hydrogen (secondary N) is 1. The molecule has 33 heavy (non-hydrogen) atoms. The molecule has 1 N–H and O–H groups in total. The van der Waals surface area contributed by atoms with Crippen LogP contribution in [0.25, 0.3) is 22.4 Å². The van der Waals surface area contributed by atoms with E-state index >= 15 is 0 Å². The number of amides is 1. The summed E-state index contributed by atoms with van der Waals surface area (Å²) in [5.74, 6) is 1.62. The maximum Gasteiger partial charge on any atom is 0.259 e. The summed E-state index contributed by atoms with van der Waals surface area (Å²) in [7, 11) is 0. The van der Waals surface area contributed by atoms with Gasteiger partial charge in [-0.05, 0) is 61.6 Å². The Kier molecular flexibility index (Phi) is 3.82. The monoisotopic (exact) mass is 440 g/mol. The average Bonchev–Trinajstić information content (AvgIpc) is 3.76. The molecule has 2 saturated carbocycles. The van der Waals surface area contributed by atoms with E-state index in [1.54, 1.807) is 12.4 Å². The molecular weight excluding hydrogens is 420 g/mol. The highest BCUT2D eigenvalue weighted by Crippen LogP contribution is 2.49. The van der Waals surface area contributed by atoms with E-state index < -0.39 is 5.54 Å². The molecule has 0 atom stereocenters. The van der Waals surface area contributed by atoms with E-state index in [1.807, 2.05) is 36.4 Å². The summed E-state index contributed by atoms with van der Waals surface area (Å²) in [5, 5.41) is 8.28. The SMILES string of the molecule is O=C(NC1(c2ccc3c(c2)OCO3)CC1)c1cc(-c2cccnc2)nc2onc(C3CC3)c12. The van der Waals surface area contributed by atoms with Crippen molar-refractivity contribution in [3.05, 3.63) is 65.6 Å². The van der Waals surface area contributed by atoms with Crippen LogP contribution in [0.2, 0.25) is 0 Å². The van der Waals surface area contributed by atoms with Gasteiger partial charge in [-0.25, -0.2) is 4.98 Å². The van der Waals surface area contributed by atoms with Gasteiger partial charge in [-0.3, -0.25) is 9.78 Å². The molecule has 7 rings (SSSR count). The Hall–Kier alpha value is -3.94. The zero-order valence-corrected chi connectivity index (χ0v) is 17.7. The molecule has 0 unspecified atom stereocenters. The van der Waals surface area contributed by atoms with Crippen LogP contribution in [-0.4, -0.2) is 27.8 Å². The summed E-state index contributed by atoms with van der Waals surface area (Å²) < 4.78 is 16.6. The van der Waals surface area contributed by atoms with Crippen molar-refractivity contribution >= 4 is 17.0 Å². The van der Waals surface area contributed by atoms with E-state index in [9.17, 15) is 4.79 Å². The van der Waals surface area contributed by atoms with Gasteiger partial charge in [0.1, 0.15) is 0 Å². The summed E-state index contributed by atoms with van der Waals surface area (Å²) in [4.78, 5) is 22.6. The number of hydrogen-bond acceptors (Lipinski definition) is 7. The first-order chi connectivity index (χ1) is 16.2. The standard InChI is InChI=1S/C25H20N4O4/c30-23(28-25(7-8-25)16-5-6-19-20(10-16)32-13-31-19)17-11-18(15-2-1-9-26-12-15)27-24-21(17)22(29-33-24)14-3-4-14/h1-2,5-6,9-12,14H,3-4,7-8,13H2,(H,28,30). The summed E-state index contributed by atoms with van der Waals surface area (Å²) in [6, 6.07) is 11.5. The Morgan fingerprint density at radius 3 is 2.76 bits per heavy atom. The minimum atomic E-state index is -0.418. The van der Waals surface area contributed by atoms with E-state index in [4.69, 9.17) is 14.0 Å². The molecule has 164 valence electrons. The van der Waals surface area contributed by atoms with E-state index in [0.717, 1.165) is 48.3 Å². The number of carbonyl (C=O) groups excluding carboxylic acids is 1. The number of benzene rings is 1. The topological polar surface area (TPSA) is 99.4 Å². The molecule has 1 aromatic carbocycles. The van der Waals surface area contributed by atoms with E-state index in [2.05, 4.69) is 20.4 Å². The molecule has 1 aliphatic heterocycles. The van der Waals surface area contributed by atoms with Crippen LogP contribution in [0.4, 0.5) is 0 Å². The quantitative estimate of drug-likeness (QED) is 0.494. The Morgan fingerprint density at radius 1 is 1.09 bits per heavy atom. The molecule has 2 aliphatic carbocycles. The van der Waals surface area contributed by atoms with Gasteiger partial charge in [0.15, 0.2) is 11.5 Å². The minimum Gasteiger partial charge on any atom is -0.454 e. The Labute approximate surface area is 188 Å². The largest absolute Gasteiger partial charge is 0.454 e. The van der Waals surface area contributed by atoms with Crippen LogP contribution in [0, 0.1) is 0 Å². The van der Waals surface area contributed by atoms with Crippen molar-refractivity contribution in [2.45, 2.75) is 37.1 Å². The number of aromatic nitrogens is 3. The van der Waals surface area contributed by atoms with Crippen LogP contribution in [0.15, 0.2) is 53.3 Å². The molecule has 0 spiro atoms. The third-order valence-corrected chi connectivity index (χ3v) is 6.67. The number of carbonyl (C=O) groups is 1. The molecule has 8 heteroatoms. The summed E-state index contributed by atoms with van der Waals surface area (Å²) in [6.07, 6.45) is 7.26. The second-order valence-corrected chi connectivity index (χ2v) is 8.92. The van der Waals surface area contributed by atoms with Crippen molar-refractivity contribution in [3.63, 3.8) is 0 Å². The smallest absolute Gasteiger partial charge is 0.259 e. The summed E-state index contributed by atoms with van der Waals surface area (Å²) in [5.41, 5.74) is 3.80. The van der Waals surface area contributed by atoms with Gasteiger partial charge in [0.25, 0.3) is 11.6 Å². The predicted octanol–water partition coefficient (Wildman–Crippen LogP) is 4.31. The average molecular weight is 440 g/mol. The number of hydrogen-bond donors (Lipinski definition) is 1. The summed E-state index contributed by atoms with van der Waals surface area (Å²) >= 11 is 0. The molecule has 4 heterocycles. The number of nitrogens with zero attached hydrogens (tertiary/aromatic N) is 3. The van der Waals surface area contributed by atoms with Gasteiger partial charge in [-0.1, -0.05) is 11.2 Å². The summed E-state index contributed by atoms with van der Waals surface area (Å²) in [6.45, 7) is 0.224. The van der Waals surface area contributed by atoms with Crippen LogP contribution in [0.5, 0.6) is 11.5 Å². The highest BCUT2D eigenvalue weighted by atomic mass is 16.7. The normalized spacial score (nSPS) is 17.8. The Bertz CT molecular complexity index is 1410. The number of ether oxygens (including phenoxy) is 2. The van der Waals surface area contributed by atoms with Gasteiger partial charge in [-0.2, -0.15) is 0 Å². The molecule has 2 fully saturated rings. The van der Waals surface area contributed by atoms with Crippen molar-refractivity contribution in [2.24, 2.45) is 0 Å². The molecular formula is C25H20N4O4. The predicted molar refractivity (Wildman–Crippen MR) is 118 cm³/mol. The fourth-order valence-electron chi connectivity index (χ4n) is 4.54. The molecule has 0 saturated heterocycles. The lowest BCUT2D eigenvalue weighted by molar-refractivity contribution is 0.0932.